The van der Waals surface area contributed by atoms with Crippen molar-refractivity contribution in [2.75, 3.05) is 18.4 Å². The lowest BCUT2D eigenvalue weighted by atomic mass is 10.3. The Kier molecular flexibility index (Phi) is 4.65. The van der Waals surface area contributed by atoms with Crippen molar-refractivity contribution in [2.24, 2.45) is 5.73 Å². The summed E-state index contributed by atoms with van der Waals surface area (Å²) in [5.74, 6) is -0.355. The molecular formula is C9H11BrClFN2. The molecule has 0 saturated heterocycles. The van der Waals surface area contributed by atoms with E-state index < -0.39 is 0 Å². The molecule has 0 spiro atoms. The number of benzene rings is 1. The fraction of sp³-hybridized carbons (Fsp3) is 0.333. The molecule has 0 heterocycles. The van der Waals surface area contributed by atoms with Gasteiger partial charge in [0.25, 0.3) is 0 Å². The standard InChI is InChI=1S/C9H11BrClFN2/c10-7-4-6(12)5-8(11)9(7)14-3-1-2-13/h4-5,14H,1-3,13H2. The minimum absolute atomic E-state index is 0.355. The second-order valence-corrected chi connectivity index (χ2v) is 4.07. The summed E-state index contributed by atoms with van der Waals surface area (Å²) in [5.41, 5.74) is 6.06. The average Bonchev–Trinajstić information content (AvgIpc) is 2.09. The van der Waals surface area contributed by atoms with Gasteiger partial charge in [0.05, 0.1) is 10.7 Å². The predicted octanol–water partition coefficient (Wildman–Crippen LogP) is 3.00. The van der Waals surface area contributed by atoms with Crippen LogP contribution in [-0.2, 0) is 0 Å². The number of nitrogens with two attached hydrogens (primary N) is 1. The molecule has 0 bridgehead atoms. The summed E-state index contributed by atoms with van der Waals surface area (Å²) in [6.45, 7) is 1.34. The van der Waals surface area contributed by atoms with Crippen molar-refractivity contribution in [3.63, 3.8) is 0 Å². The summed E-state index contributed by atoms with van der Waals surface area (Å²) >= 11 is 9.08. The molecular weight excluding hydrogens is 270 g/mol. The van der Waals surface area contributed by atoms with Gasteiger partial charge in [-0.05, 0) is 41.0 Å². The van der Waals surface area contributed by atoms with Gasteiger partial charge in [-0.25, -0.2) is 4.39 Å². The van der Waals surface area contributed by atoms with Crippen LogP contribution in [0.3, 0.4) is 0 Å². The Hall–Kier alpha value is -0.320. The Balaban J connectivity index is 2.75. The normalized spacial score (nSPS) is 10.3. The fourth-order valence-corrected chi connectivity index (χ4v) is 1.99. The Labute approximate surface area is 95.8 Å². The molecule has 78 valence electrons. The first-order valence-corrected chi connectivity index (χ1v) is 5.40. The van der Waals surface area contributed by atoms with E-state index in [1.54, 1.807) is 0 Å². The molecule has 0 aliphatic heterocycles. The molecule has 0 fully saturated rings. The van der Waals surface area contributed by atoms with E-state index >= 15 is 0 Å². The van der Waals surface area contributed by atoms with Gasteiger partial charge in [-0.15, -0.1) is 0 Å². The van der Waals surface area contributed by atoms with Crippen molar-refractivity contribution in [3.05, 3.63) is 27.4 Å². The Morgan fingerprint density at radius 3 is 2.79 bits per heavy atom. The number of anilines is 1. The van der Waals surface area contributed by atoms with Crippen LogP contribution in [0.4, 0.5) is 10.1 Å². The molecule has 0 saturated carbocycles. The first-order valence-electron chi connectivity index (χ1n) is 4.23. The van der Waals surface area contributed by atoms with E-state index in [9.17, 15) is 4.39 Å². The number of halogens is 3. The molecule has 14 heavy (non-hydrogen) atoms. The second kappa shape index (κ2) is 5.53. The van der Waals surface area contributed by atoms with Crippen LogP contribution in [-0.4, -0.2) is 13.1 Å². The van der Waals surface area contributed by atoms with E-state index in [1.165, 1.54) is 12.1 Å². The molecule has 1 aromatic carbocycles. The quantitative estimate of drug-likeness (QED) is 0.833. The van der Waals surface area contributed by atoms with Crippen molar-refractivity contribution in [3.8, 4) is 0 Å². The maximum absolute atomic E-state index is 12.8. The molecule has 3 N–H and O–H groups in total. The molecule has 1 rings (SSSR count). The lowest BCUT2D eigenvalue weighted by Crippen LogP contribution is -2.09. The van der Waals surface area contributed by atoms with Crippen LogP contribution in [0.25, 0.3) is 0 Å². The smallest absolute Gasteiger partial charge is 0.125 e. The third kappa shape index (κ3) is 3.12. The van der Waals surface area contributed by atoms with Gasteiger partial charge in [0.1, 0.15) is 5.82 Å². The molecule has 0 amide bonds. The first-order chi connectivity index (χ1) is 6.65. The van der Waals surface area contributed by atoms with Gasteiger partial charge < -0.3 is 11.1 Å². The highest BCUT2D eigenvalue weighted by atomic mass is 79.9. The van der Waals surface area contributed by atoms with Gasteiger partial charge in [0.15, 0.2) is 0 Å². The molecule has 0 radical (unpaired) electrons. The number of rotatable bonds is 4. The Morgan fingerprint density at radius 2 is 2.21 bits per heavy atom. The summed E-state index contributed by atoms with van der Waals surface area (Å²) in [6.07, 6.45) is 0.847. The minimum Gasteiger partial charge on any atom is -0.383 e. The highest BCUT2D eigenvalue weighted by Crippen LogP contribution is 2.31. The maximum atomic E-state index is 12.8. The minimum atomic E-state index is -0.355. The number of hydrogen-bond donors (Lipinski definition) is 2. The zero-order valence-corrected chi connectivity index (χ0v) is 9.83. The van der Waals surface area contributed by atoms with Crippen LogP contribution in [0, 0.1) is 5.82 Å². The molecule has 0 aliphatic carbocycles. The summed E-state index contributed by atoms with van der Waals surface area (Å²) in [6, 6.07) is 2.65. The van der Waals surface area contributed by atoms with Crippen molar-refractivity contribution in [1.29, 1.82) is 0 Å². The molecule has 1 aromatic rings. The van der Waals surface area contributed by atoms with Crippen LogP contribution in [0.2, 0.25) is 5.02 Å². The van der Waals surface area contributed by atoms with Gasteiger partial charge in [0.2, 0.25) is 0 Å². The highest BCUT2D eigenvalue weighted by Gasteiger charge is 2.06. The molecule has 5 heteroatoms. The van der Waals surface area contributed by atoms with E-state index in [0.717, 1.165) is 13.0 Å². The van der Waals surface area contributed by atoms with Gasteiger partial charge in [0, 0.05) is 11.0 Å². The van der Waals surface area contributed by atoms with E-state index in [2.05, 4.69) is 21.2 Å². The van der Waals surface area contributed by atoms with Gasteiger partial charge in [-0.1, -0.05) is 11.6 Å². The van der Waals surface area contributed by atoms with Crippen LogP contribution < -0.4 is 11.1 Å². The van der Waals surface area contributed by atoms with E-state index in [-0.39, 0.29) is 5.82 Å². The zero-order chi connectivity index (χ0) is 10.6. The summed E-state index contributed by atoms with van der Waals surface area (Å²) < 4.78 is 13.5. The number of nitrogens with one attached hydrogen (secondary N) is 1. The first kappa shape index (κ1) is 11.8. The van der Waals surface area contributed by atoms with Crippen LogP contribution in [0.5, 0.6) is 0 Å². The van der Waals surface area contributed by atoms with Crippen molar-refractivity contribution in [1.82, 2.24) is 0 Å². The number of hydrogen-bond acceptors (Lipinski definition) is 2. The van der Waals surface area contributed by atoms with E-state index in [1.807, 2.05) is 0 Å². The molecule has 0 aliphatic rings. The third-order valence-electron chi connectivity index (χ3n) is 1.69. The average molecular weight is 282 g/mol. The van der Waals surface area contributed by atoms with Crippen molar-refractivity contribution >= 4 is 33.2 Å². The largest absolute Gasteiger partial charge is 0.383 e. The Bertz CT molecular complexity index is 297. The fourth-order valence-electron chi connectivity index (χ4n) is 1.03. The summed E-state index contributed by atoms with van der Waals surface area (Å²) in [7, 11) is 0. The third-order valence-corrected chi connectivity index (χ3v) is 2.61. The summed E-state index contributed by atoms with van der Waals surface area (Å²) in [4.78, 5) is 0. The second-order valence-electron chi connectivity index (χ2n) is 2.81. The molecule has 0 atom stereocenters. The maximum Gasteiger partial charge on any atom is 0.125 e. The van der Waals surface area contributed by atoms with E-state index in [4.69, 9.17) is 17.3 Å². The zero-order valence-electron chi connectivity index (χ0n) is 7.49. The van der Waals surface area contributed by atoms with Gasteiger partial charge >= 0.3 is 0 Å². The Morgan fingerprint density at radius 1 is 1.50 bits per heavy atom. The van der Waals surface area contributed by atoms with Crippen molar-refractivity contribution in [2.45, 2.75) is 6.42 Å². The highest BCUT2D eigenvalue weighted by molar-refractivity contribution is 9.10. The van der Waals surface area contributed by atoms with Crippen molar-refractivity contribution < 1.29 is 4.39 Å². The summed E-state index contributed by atoms with van der Waals surface area (Å²) in [5, 5.41) is 3.45. The lowest BCUT2D eigenvalue weighted by Gasteiger charge is -2.09. The SMILES string of the molecule is NCCCNc1c(Cl)cc(F)cc1Br. The molecule has 0 unspecified atom stereocenters. The molecule has 0 aromatic heterocycles. The topological polar surface area (TPSA) is 38.0 Å². The predicted molar refractivity (Wildman–Crippen MR) is 61.3 cm³/mol. The van der Waals surface area contributed by atoms with Crippen LogP contribution in [0.15, 0.2) is 16.6 Å². The van der Waals surface area contributed by atoms with E-state index in [0.29, 0.717) is 21.7 Å². The van der Waals surface area contributed by atoms with Crippen LogP contribution >= 0.6 is 27.5 Å². The van der Waals surface area contributed by atoms with Gasteiger partial charge in [-0.2, -0.15) is 0 Å². The molecule has 2 nitrogen and oxygen atoms in total. The van der Waals surface area contributed by atoms with Crippen LogP contribution in [0.1, 0.15) is 6.42 Å². The van der Waals surface area contributed by atoms with Gasteiger partial charge in [-0.3, -0.25) is 0 Å². The monoisotopic (exact) mass is 280 g/mol. The lowest BCUT2D eigenvalue weighted by molar-refractivity contribution is 0.627.